The zero-order chi connectivity index (χ0) is 31.3. The Balaban J connectivity index is 0.00000400. The molecule has 5 heterocycles. The minimum Gasteiger partial charge on any atom is -0.481 e. The first kappa shape index (κ1) is 32.3. The van der Waals surface area contributed by atoms with Crippen LogP contribution in [0.1, 0.15) is 70.8 Å². The van der Waals surface area contributed by atoms with Crippen molar-refractivity contribution in [3.63, 3.8) is 0 Å². The Morgan fingerprint density at radius 2 is 1.98 bits per heavy atom. The number of carboxylic acid groups (broad SMARTS) is 1. The number of carbonyl (C=O) groups is 1. The summed E-state index contributed by atoms with van der Waals surface area (Å²) >= 11 is 0. The highest BCUT2D eigenvalue weighted by Gasteiger charge is 2.40. The standard InChI is InChI=1S/C30H29F2N7O4S.H2S/c1-17-5-6-20(24(12-26(40)41)23-7-9-39-28(18(23)2)35-36-30(39)27(31)32)11-21(17)15-37-16-22-4-3-8-38(22)29-25(44(37,42)43)10-19(13-33)14-34-29;/h5-7,9-11,14,22,24,27H,3-4,8,12,15-16H2,1-2H3,(H,40,41);1H2/t22-,24?;/m0./s1. The maximum atomic E-state index is 14.0. The van der Waals surface area contributed by atoms with Crippen LogP contribution < -0.4 is 4.90 Å². The van der Waals surface area contributed by atoms with Crippen LogP contribution >= 0.6 is 13.5 Å². The van der Waals surface area contributed by atoms with Gasteiger partial charge in [0.05, 0.1) is 12.0 Å². The van der Waals surface area contributed by atoms with E-state index < -0.39 is 34.2 Å². The van der Waals surface area contributed by atoms with E-state index in [1.807, 2.05) is 30.0 Å². The van der Waals surface area contributed by atoms with Gasteiger partial charge >= 0.3 is 5.97 Å². The number of alkyl halides is 2. The first-order valence-electron chi connectivity index (χ1n) is 14.1. The van der Waals surface area contributed by atoms with Crippen molar-refractivity contribution in [2.24, 2.45) is 0 Å². The molecule has 1 unspecified atom stereocenters. The normalized spacial score (nSPS) is 18.1. The third-order valence-corrected chi connectivity index (χ3v) is 10.4. The van der Waals surface area contributed by atoms with Gasteiger partial charge < -0.3 is 10.0 Å². The number of fused-ring (bicyclic) bond motifs is 4. The molecular formula is C30H31F2N7O4S2. The van der Waals surface area contributed by atoms with Gasteiger partial charge in [-0.3, -0.25) is 9.20 Å². The number of aliphatic carboxylic acids is 1. The number of hydrogen-bond donors (Lipinski definition) is 1. The molecule has 1 fully saturated rings. The number of rotatable bonds is 7. The average molecular weight is 656 g/mol. The monoisotopic (exact) mass is 655 g/mol. The maximum Gasteiger partial charge on any atom is 0.304 e. The molecule has 1 saturated heterocycles. The van der Waals surface area contributed by atoms with Gasteiger partial charge in [-0.05, 0) is 66.6 Å². The van der Waals surface area contributed by atoms with Crippen LogP contribution in [-0.4, -0.2) is 62.5 Å². The van der Waals surface area contributed by atoms with E-state index in [9.17, 15) is 32.4 Å². The lowest BCUT2D eigenvalue weighted by Gasteiger charge is -2.26. The van der Waals surface area contributed by atoms with Crippen molar-refractivity contribution in [2.75, 3.05) is 18.0 Å². The Bertz CT molecular complexity index is 1940. The molecule has 2 aliphatic rings. The van der Waals surface area contributed by atoms with Crippen LogP contribution in [0.2, 0.25) is 0 Å². The van der Waals surface area contributed by atoms with Gasteiger partial charge in [-0.15, -0.1) is 10.2 Å². The summed E-state index contributed by atoms with van der Waals surface area (Å²) in [5.74, 6) is -1.87. The van der Waals surface area contributed by atoms with E-state index in [2.05, 4.69) is 15.2 Å². The smallest absolute Gasteiger partial charge is 0.304 e. The molecule has 236 valence electrons. The Kier molecular flexibility index (Phi) is 8.85. The summed E-state index contributed by atoms with van der Waals surface area (Å²) in [6, 6.07) is 10.3. The molecule has 2 atom stereocenters. The van der Waals surface area contributed by atoms with Crippen LogP contribution in [0.4, 0.5) is 14.6 Å². The minimum atomic E-state index is -4.04. The molecule has 0 aliphatic carbocycles. The number of aryl methyl sites for hydroxylation is 2. The zero-order valence-electron chi connectivity index (χ0n) is 24.5. The molecule has 15 heteroatoms. The van der Waals surface area contributed by atoms with E-state index in [1.54, 1.807) is 19.1 Å². The number of anilines is 1. The lowest BCUT2D eigenvalue weighted by atomic mass is 9.85. The van der Waals surface area contributed by atoms with Crippen LogP contribution in [0.15, 0.2) is 47.6 Å². The van der Waals surface area contributed by atoms with Crippen molar-refractivity contribution in [2.45, 2.75) is 62.9 Å². The highest BCUT2D eigenvalue weighted by atomic mass is 32.2. The predicted molar refractivity (Wildman–Crippen MR) is 165 cm³/mol. The van der Waals surface area contributed by atoms with Crippen molar-refractivity contribution >= 4 is 41.0 Å². The summed E-state index contributed by atoms with van der Waals surface area (Å²) in [6.45, 7) is 4.48. The third-order valence-electron chi connectivity index (χ3n) is 8.61. The number of pyridine rings is 2. The molecule has 11 nitrogen and oxygen atoms in total. The molecule has 2 aliphatic heterocycles. The van der Waals surface area contributed by atoms with E-state index in [0.717, 1.165) is 18.4 Å². The van der Waals surface area contributed by atoms with Crippen molar-refractivity contribution in [3.8, 4) is 6.07 Å². The zero-order valence-corrected chi connectivity index (χ0v) is 26.3. The first-order valence-corrected chi connectivity index (χ1v) is 15.5. The van der Waals surface area contributed by atoms with E-state index in [0.29, 0.717) is 34.6 Å². The summed E-state index contributed by atoms with van der Waals surface area (Å²) in [6.07, 6.45) is 1.38. The topological polar surface area (TPSA) is 145 Å². The Hall–Kier alpha value is -4.13. The van der Waals surface area contributed by atoms with Crippen LogP contribution in [0, 0.1) is 25.2 Å². The summed E-state index contributed by atoms with van der Waals surface area (Å²) in [5.41, 5.74) is 3.63. The van der Waals surface area contributed by atoms with E-state index in [4.69, 9.17) is 0 Å². The van der Waals surface area contributed by atoms with Gasteiger partial charge in [0, 0.05) is 44.0 Å². The molecule has 45 heavy (non-hydrogen) atoms. The SMILES string of the molecule is Cc1ccc(C(CC(=O)O)c2ccn3c(C(F)F)nnc3c2C)cc1CN1C[C@@H]2CCCN2c2ncc(C#N)cc2S1(=O)=O.S. The number of benzene rings is 1. The summed E-state index contributed by atoms with van der Waals surface area (Å²) in [7, 11) is -4.04. The number of sulfonamides is 1. The first-order chi connectivity index (χ1) is 21.0. The van der Waals surface area contributed by atoms with E-state index in [1.165, 1.54) is 27.2 Å². The predicted octanol–water partition coefficient (Wildman–Crippen LogP) is 4.44. The van der Waals surface area contributed by atoms with E-state index >= 15 is 0 Å². The quantitative estimate of drug-likeness (QED) is 0.305. The summed E-state index contributed by atoms with van der Waals surface area (Å²) < 4.78 is 57.6. The number of nitriles is 1. The molecule has 0 saturated carbocycles. The number of hydrogen-bond acceptors (Lipinski definition) is 8. The number of aromatic nitrogens is 4. The molecule has 0 amide bonds. The minimum absolute atomic E-state index is 0. The second-order valence-corrected chi connectivity index (χ2v) is 13.1. The average Bonchev–Trinajstić information content (AvgIpc) is 3.63. The molecule has 0 bridgehead atoms. The fraction of sp³-hybridized carbons (Fsp3) is 0.367. The third kappa shape index (κ3) is 5.73. The van der Waals surface area contributed by atoms with Gasteiger partial charge in [-0.1, -0.05) is 18.2 Å². The Labute approximate surface area is 265 Å². The lowest BCUT2D eigenvalue weighted by molar-refractivity contribution is -0.137. The fourth-order valence-electron chi connectivity index (χ4n) is 6.32. The Morgan fingerprint density at radius 3 is 2.69 bits per heavy atom. The van der Waals surface area contributed by atoms with E-state index in [-0.39, 0.29) is 55.2 Å². The highest BCUT2D eigenvalue weighted by Crippen LogP contribution is 2.38. The Morgan fingerprint density at radius 1 is 1.20 bits per heavy atom. The van der Waals surface area contributed by atoms with Crippen molar-refractivity contribution < 1.29 is 27.1 Å². The summed E-state index contributed by atoms with van der Waals surface area (Å²) in [4.78, 5) is 18.4. The van der Waals surface area contributed by atoms with Crippen molar-refractivity contribution in [3.05, 3.63) is 81.9 Å². The van der Waals surface area contributed by atoms with Crippen molar-refractivity contribution in [1.82, 2.24) is 23.9 Å². The molecule has 3 aromatic heterocycles. The second kappa shape index (κ2) is 12.3. The fourth-order valence-corrected chi connectivity index (χ4v) is 7.95. The lowest BCUT2D eigenvalue weighted by Crippen LogP contribution is -2.39. The number of carboxylic acids is 1. The molecular weight excluding hydrogens is 625 g/mol. The largest absolute Gasteiger partial charge is 0.481 e. The molecule has 6 rings (SSSR count). The maximum absolute atomic E-state index is 14.0. The van der Waals surface area contributed by atoms with Gasteiger partial charge in [-0.25, -0.2) is 22.2 Å². The van der Waals surface area contributed by atoms with Crippen LogP contribution in [-0.2, 0) is 21.4 Å². The summed E-state index contributed by atoms with van der Waals surface area (Å²) in [5, 5.41) is 26.8. The highest BCUT2D eigenvalue weighted by molar-refractivity contribution is 7.89. The molecule has 1 aromatic carbocycles. The van der Waals surface area contributed by atoms with Gasteiger partial charge in [0.1, 0.15) is 16.8 Å². The van der Waals surface area contributed by atoms with Gasteiger partial charge in [-0.2, -0.15) is 23.1 Å². The number of nitrogens with zero attached hydrogens (tertiary/aromatic N) is 7. The van der Waals surface area contributed by atoms with Crippen LogP contribution in [0.5, 0.6) is 0 Å². The van der Waals surface area contributed by atoms with Gasteiger partial charge in [0.2, 0.25) is 15.8 Å². The molecule has 0 spiro atoms. The molecule has 4 aromatic rings. The second-order valence-electron chi connectivity index (χ2n) is 11.2. The van der Waals surface area contributed by atoms with Crippen molar-refractivity contribution in [1.29, 1.82) is 5.26 Å². The molecule has 1 N–H and O–H groups in total. The molecule has 0 radical (unpaired) electrons. The van der Waals surface area contributed by atoms with Gasteiger partial charge in [0.15, 0.2) is 5.65 Å². The van der Waals surface area contributed by atoms with Gasteiger partial charge in [0.25, 0.3) is 6.43 Å². The van der Waals surface area contributed by atoms with Crippen LogP contribution in [0.3, 0.4) is 0 Å². The number of halogens is 2. The van der Waals surface area contributed by atoms with Crippen LogP contribution in [0.25, 0.3) is 5.65 Å².